The molecule has 0 aliphatic heterocycles. The van der Waals surface area contributed by atoms with Gasteiger partial charge in [0.05, 0.1) is 12.5 Å². The Labute approximate surface area is 230 Å². The highest BCUT2D eigenvalue weighted by Crippen LogP contribution is 2.56. The highest BCUT2D eigenvalue weighted by molar-refractivity contribution is 5.86. The number of hydrogen-bond donors (Lipinski definition) is 0. The fourth-order valence-corrected chi connectivity index (χ4v) is 4.95. The van der Waals surface area contributed by atoms with Crippen LogP contribution in [-0.2, 0) is 14.9 Å². The van der Waals surface area contributed by atoms with Gasteiger partial charge < -0.3 is 18.9 Å². The minimum Gasteiger partial charge on any atom is -0.497 e. The molecule has 1 aliphatic carbocycles. The third-order valence-electron chi connectivity index (χ3n) is 6.44. The smallest absolute Gasteiger partial charge is 0.191 e. The summed E-state index contributed by atoms with van der Waals surface area (Å²) in [6.45, 7) is 2.92. The lowest BCUT2D eigenvalue weighted by atomic mass is 9.68. The van der Waals surface area contributed by atoms with Gasteiger partial charge in [-0.1, -0.05) is 103 Å². The highest BCUT2D eigenvalue weighted by atomic mass is 16.7. The summed E-state index contributed by atoms with van der Waals surface area (Å²) in [5, 5.41) is 0. The predicted octanol–water partition coefficient (Wildman–Crippen LogP) is 8.95. The molecule has 0 radical (unpaired) electrons. The van der Waals surface area contributed by atoms with E-state index in [-0.39, 0.29) is 43.3 Å². The van der Waals surface area contributed by atoms with Crippen molar-refractivity contribution in [3.63, 3.8) is 0 Å². The summed E-state index contributed by atoms with van der Waals surface area (Å²) in [5.41, 5.74) is 7.00. The Morgan fingerprint density at radius 1 is 0.553 bits per heavy atom. The van der Waals surface area contributed by atoms with Crippen molar-refractivity contribution in [3.8, 4) is 22.6 Å². The molecule has 4 heteroatoms. The first kappa shape index (κ1) is 32.4. The number of fused-ring (bicyclic) bond motifs is 3. The maximum absolute atomic E-state index is 5.76. The second-order valence-electron chi connectivity index (χ2n) is 8.17. The molecule has 0 saturated carbocycles. The third-order valence-corrected chi connectivity index (χ3v) is 6.44. The van der Waals surface area contributed by atoms with Crippen LogP contribution >= 0.6 is 0 Å². The average molecular weight is 517 g/mol. The highest BCUT2D eigenvalue weighted by Gasteiger charge is 2.45. The van der Waals surface area contributed by atoms with Crippen molar-refractivity contribution in [3.05, 3.63) is 119 Å². The molecule has 4 nitrogen and oxygen atoms in total. The van der Waals surface area contributed by atoms with Crippen LogP contribution in [0.4, 0.5) is 0 Å². The summed E-state index contributed by atoms with van der Waals surface area (Å²) in [4.78, 5) is 0. The normalized spacial score (nSPS) is 11.8. The number of rotatable bonds is 9. The van der Waals surface area contributed by atoms with Gasteiger partial charge in [-0.3, -0.25) is 0 Å². The summed E-state index contributed by atoms with van der Waals surface area (Å²) in [6, 6.07) is 34.1. The zero-order chi connectivity index (χ0) is 23.4. The molecule has 204 valence electrons. The van der Waals surface area contributed by atoms with Crippen molar-refractivity contribution in [2.45, 2.75) is 42.0 Å². The Kier molecular flexibility index (Phi) is 12.3. The van der Waals surface area contributed by atoms with Gasteiger partial charge in [0.25, 0.3) is 0 Å². The van der Waals surface area contributed by atoms with E-state index in [1.807, 2.05) is 31.2 Å². The van der Waals surface area contributed by atoms with E-state index >= 15 is 0 Å². The van der Waals surface area contributed by atoms with Gasteiger partial charge in [-0.25, -0.2) is 0 Å². The summed E-state index contributed by atoms with van der Waals surface area (Å²) < 4.78 is 21.8. The largest absolute Gasteiger partial charge is 0.497 e. The zero-order valence-electron chi connectivity index (χ0n) is 19.5. The molecule has 0 amide bonds. The van der Waals surface area contributed by atoms with Gasteiger partial charge in [0.2, 0.25) is 0 Å². The monoisotopic (exact) mass is 516 g/mol. The molecule has 0 saturated heterocycles. The molecule has 0 spiro atoms. The summed E-state index contributed by atoms with van der Waals surface area (Å²) in [6.07, 6.45) is 0. The third kappa shape index (κ3) is 5.62. The first-order valence-corrected chi connectivity index (χ1v) is 11.5. The molecule has 0 aromatic heterocycles. The van der Waals surface area contributed by atoms with Crippen molar-refractivity contribution in [1.29, 1.82) is 0 Å². The van der Waals surface area contributed by atoms with E-state index in [4.69, 9.17) is 18.9 Å². The van der Waals surface area contributed by atoms with E-state index < -0.39 is 5.41 Å². The van der Waals surface area contributed by atoms with E-state index in [2.05, 4.69) is 72.8 Å². The summed E-state index contributed by atoms with van der Waals surface area (Å²) in [7, 11) is 1.70. The topological polar surface area (TPSA) is 36.9 Å². The molecule has 0 atom stereocenters. The standard InChI is InChI=1S/C30H28O4.4CH4/c1-3-32-20-33-21-34-25-18-14-23(15-19-25)30(22-12-16-24(31-2)17-13-22)28-10-6-4-8-26(28)27-9-5-7-11-29(27)30;;;;/h4-19H,3,20-21H2,1-2H3;4*1H4. The molecular formula is C34H44O4. The van der Waals surface area contributed by atoms with Crippen LogP contribution in [0.5, 0.6) is 11.5 Å². The molecule has 38 heavy (non-hydrogen) atoms. The minimum atomic E-state index is -0.441. The van der Waals surface area contributed by atoms with Gasteiger partial charge in [-0.15, -0.1) is 0 Å². The lowest BCUT2D eigenvalue weighted by molar-refractivity contribution is -0.0960. The molecule has 0 bridgehead atoms. The molecule has 4 aromatic carbocycles. The molecule has 0 unspecified atom stereocenters. The molecule has 4 aromatic rings. The first-order valence-electron chi connectivity index (χ1n) is 11.5. The number of benzene rings is 4. The fourth-order valence-electron chi connectivity index (χ4n) is 4.95. The second-order valence-corrected chi connectivity index (χ2v) is 8.17. The molecular weight excluding hydrogens is 472 g/mol. The van der Waals surface area contributed by atoms with E-state index in [9.17, 15) is 0 Å². The Morgan fingerprint density at radius 2 is 1.03 bits per heavy atom. The number of hydrogen-bond acceptors (Lipinski definition) is 4. The van der Waals surface area contributed by atoms with E-state index in [1.54, 1.807) is 7.11 Å². The molecule has 0 heterocycles. The quantitative estimate of drug-likeness (QED) is 0.145. The van der Waals surface area contributed by atoms with E-state index in [0.717, 1.165) is 11.5 Å². The Morgan fingerprint density at radius 3 is 1.50 bits per heavy atom. The van der Waals surface area contributed by atoms with Crippen LogP contribution in [0.3, 0.4) is 0 Å². The van der Waals surface area contributed by atoms with Crippen LogP contribution in [0, 0.1) is 0 Å². The molecule has 0 fully saturated rings. The van der Waals surface area contributed by atoms with Gasteiger partial charge in [0, 0.05) is 6.61 Å². The number of methoxy groups -OCH3 is 1. The Bertz CT molecular complexity index is 1200. The lowest BCUT2D eigenvalue weighted by Crippen LogP contribution is -2.28. The first-order chi connectivity index (χ1) is 16.8. The zero-order valence-corrected chi connectivity index (χ0v) is 19.5. The minimum absolute atomic E-state index is 0. The number of ether oxygens (including phenoxy) is 4. The van der Waals surface area contributed by atoms with Crippen molar-refractivity contribution >= 4 is 0 Å². The summed E-state index contributed by atoms with van der Waals surface area (Å²) in [5.74, 6) is 1.60. The van der Waals surface area contributed by atoms with Crippen molar-refractivity contribution < 1.29 is 18.9 Å². The van der Waals surface area contributed by atoms with Crippen LogP contribution in [0.25, 0.3) is 11.1 Å². The van der Waals surface area contributed by atoms with Crippen LogP contribution in [0.15, 0.2) is 97.1 Å². The van der Waals surface area contributed by atoms with Gasteiger partial charge in [0.1, 0.15) is 11.5 Å². The van der Waals surface area contributed by atoms with Crippen molar-refractivity contribution in [1.82, 2.24) is 0 Å². The van der Waals surface area contributed by atoms with Crippen LogP contribution < -0.4 is 9.47 Å². The predicted molar refractivity (Wildman–Crippen MR) is 160 cm³/mol. The van der Waals surface area contributed by atoms with Crippen LogP contribution in [-0.4, -0.2) is 27.3 Å². The maximum Gasteiger partial charge on any atom is 0.191 e. The lowest BCUT2D eigenvalue weighted by Gasteiger charge is -2.34. The van der Waals surface area contributed by atoms with Crippen LogP contribution in [0.1, 0.15) is 58.9 Å². The Balaban J connectivity index is 0.00000180. The maximum atomic E-state index is 5.76. The van der Waals surface area contributed by atoms with Gasteiger partial charge in [0.15, 0.2) is 13.6 Å². The van der Waals surface area contributed by atoms with Crippen molar-refractivity contribution in [2.75, 3.05) is 27.3 Å². The molecule has 1 aliphatic rings. The molecule has 5 rings (SSSR count). The summed E-state index contributed by atoms with van der Waals surface area (Å²) >= 11 is 0. The van der Waals surface area contributed by atoms with Gasteiger partial charge >= 0.3 is 0 Å². The SMILES string of the molecule is C.C.C.C.CCOCOCOc1ccc(C2(c3ccc(OC)cc3)c3ccccc3-c3ccccc32)cc1. The fraction of sp³-hybridized carbons (Fsp3) is 0.294. The average Bonchev–Trinajstić information content (AvgIpc) is 3.20. The van der Waals surface area contributed by atoms with Gasteiger partial charge in [-0.05, 0) is 64.6 Å². The van der Waals surface area contributed by atoms with E-state index in [0.29, 0.717) is 6.61 Å². The van der Waals surface area contributed by atoms with Crippen molar-refractivity contribution in [2.24, 2.45) is 0 Å². The molecule has 0 N–H and O–H groups in total. The second kappa shape index (κ2) is 14.4. The van der Waals surface area contributed by atoms with E-state index in [1.165, 1.54) is 33.4 Å². The Hall–Kier alpha value is -3.60. The van der Waals surface area contributed by atoms with Gasteiger partial charge in [-0.2, -0.15) is 0 Å². The van der Waals surface area contributed by atoms with Crippen LogP contribution in [0.2, 0.25) is 0 Å².